The molecular weight excluding hydrogens is 284 g/mol. The third-order valence-electron chi connectivity index (χ3n) is 4.07. The average molecular weight is 306 g/mol. The maximum Gasteiger partial charge on any atom is 0.269 e. The van der Waals surface area contributed by atoms with Crippen LogP contribution in [0.1, 0.15) is 30.9 Å². The van der Waals surface area contributed by atoms with Crippen LogP contribution in [-0.2, 0) is 0 Å². The van der Waals surface area contributed by atoms with E-state index in [1.54, 1.807) is 0 Å². The molecule has 6 heteroatoms. The molecule has 6 nitrogen and oxygen atoms in total. The Kier molecular flexibility index (Phi) is 6.06. The predicted octanol–water partition coefficient (Wildman–Crippen LogP) is 1.94. The van der Waals surface area contributed by atoms with Crippen LogP contribution in [-0.4, -0.2) is 34.3 Å². The minimum Gasteiger partial charge on any atom is -0.395 e. The minimum atomic E-state index is -0.898. The number of allylic oxidation sites excluding steroid dienone is 2. The van der Waals surface area contributed by atoms with Crippen molar-refractivity contribution >= 4 is 5.69 Å². The van der Waals surface area contributed by atoms with Gasteiger partial charge in [0.2, 0.25) is 0 Å². The molecule has 2 rings (SSSR count). The van der Waals surface area contributed by atoms with Gasteiger partial charge in [0.1, 0.15) is 0 Å². The Balaban J connectivity index is 1.93. The molecule has 1 aliphatic carbocycles. The highest BCUT2D eigenvalue weighted by molar-refractivity contribution is 5.34. The highest BCUT2D eigenvalue weighted by Crippen LogP contribution is 2.22. The average Bonchev–Trinajstić information content (AvgIpc) is 2.56. The number of nitrogens with one attached hydrogen (secondary N) is 1. The van der Waals surface area contributed by atoms with Crippen molar-refractivity contribution < 1.29 is 15.1 Å². The number of rotatable bonds is 7. The van der Waals surface area contributed by atoms with Crippen molar-refractivity contribution in [1.82, 2.24) is 5.32 Å². The Morgan fingerprint density at radius 1 is 1.32 bits per heavy atom. The molecule has 0 aromatic heterocycles. The number of nitro benzene ring substituents is 1. The fraction of sp³-hybridized carbons (Fsp3) is 0.500. The van der Waals surface area contributed by atoms with Gasteiger partial charge in [0.05, 0.1) is 23.7 Å². The summed E-state index contributed by atoms with van der Waals surface area (Å²) in [7, 11) is 0. The third kappa shape index (κ3) is 4.37. The molecule has 0 fully saturated rings. The molecule has 0 saturated carbocycles. The lowest BCUT2D eigenvalue weighted by atomic mass is 9.93. The molecule has 0 heterocycles. The van der Waals surface area contributed by atoms with Crippen molar-refractivity contribution in [2.45, 2.75) is 31.4 Å². The molecule has 0 aliphatic heterocycles. The lowest BCUT2D eigenvalue weighted by Crippen LogP contribution is -2.40. The lowest BCUT2D eigenvalue weighted by molar-refractivity contribution is -0.384. The first-order valence-electron chi connectivity index (χ1n) is 7.53. The molecule has 22 heavy (non-hydrogen) atoms. The van der Waals surface area contributed by atoms with Crippen molar-refractivity contribution in [3.05, 3.63) is 52.1 Å². The van der Waals surface area contributed by atoms with Crippen LogP contribution in [0.4, 0.5) is 5.69 Å². The fourth-order valence-electron chi connectivity index (χ4n) is 2.66. The van der Waals surface area contributed by atoms with E-state index in [1.165, 1.54) is 24.3 Å². The number of nitrogens with zero attached hydrogens (tertiary/aromatic N) is 1. The summed E-state index contributed by atoms with van der Waals surface area (Å²) in [6.45, 7) is 0.542. The van der Waals surface area contributed by atoms with Gasteiger partial charge in [0, 0.05) is 12.1 Å². The summed E-state index contributed by atoms with van der Waals surface area (Å²) in [6.07, 6.45) is 6.63. The van der Waals surface area contributed by atoms with Crippen LogP contribution >= 0.6 is 0 Å². The third-order valence-corrected chi connectivity index (χ3v) is 4.07. The van der Waals surface area contributed by atoms with E-state index in [4.69, 9.17) is 0 Å². The Morgan fingerprint density at radius 3 is 2.59 bits per heavy atom. The van der Waals surface area contributed by atoms with Crippen LogP contribution in [0.25, 0.3) is 0 Å². The normalized spacial score (nSPS) is 20.5. The molecule has 3 unspecified atom stereocenters. The Bertz CT molecular complexity index is 515. The van der Waals surface area contributed by atoms with E-state index in [9.17, 15) is 20.3 Å². The quantitative estimate of drug-likeness (QED) is 0.406. The summed E-state index contributed by atoms with van der Waals surface area (Å²) < 4.78 is 0. The van der Waals surface area contributed by atoms with E-state index in [0.717, 1.165) is 25.8 Å². The van der Waals surface area contributed by atoms with Crippen LogP contribution in [0, 0.1) is 16.0 Å². The van der Waals surface area contributed by atoms with Crippen LogP contribution < -0.4 is 5.32 Å². The van der Waals surface area contributed by atoms with E-state index in [0.29, 0.717) is 11.5 Å². The van der Waals surface area contributed by atoms with Crippen molar-refractivity contribution in [3.63, 3.8) is 0 Å². The molecule has 0 amide bonds. The highest BCUT2D eigenvalue weighted by Gasteiger charge is 2.22. The van der Waals surface area contributed by atoms with Gasteiger partial charge >= 0.3 is 0 Å². The Hall–Kier alpha value is -1.76. The zero-order valence-electron chi connectivity index (χ0n) is 12.4. The van der Waals surface area contributed by atoms with Crippen molar-refractivity contribution in [1.29, 1.82) is 0 Å². The second-order valence-corrected chi connectivity index (χ2v) is 5.64. The summed E-state index contributed by atoms with van der Waals surface area (Å²) in [4.78, 5) is 10.2. The summed E-state index contributed by atoms with van der Waals surface area (Å²) in [5.41, 5.74) is 0.541. The van der Waals surface area contributed by atoms with Gasteiger partial charge in [-0.1, -0.05) is 12.2 Å². The van der Waals surface area contributed by atoms with E-state index in [2.05, 4.69) is 17.5 Å². The molecule has 3 N–H and O–H groups in total. The first kappa shape index (κ1) is 16.6. The largest absolute Gasteiger partial charge is 0.395 e. The monoisotopic (exact) mass is 306 g/mol. The molecule has 0 radical (unpaired) electrons. The fourth-order valence-corrected chi connectivity index (χ4v) is 2.66. The van der Waals surface area contributed by atoms with Gasteiger partial charge in [0.15, 0.2) is 0 Å². The maximum atomic E-state index is 10.6. The zero-order chi connectivity index (χ0) is 15.9. The SMILES string of the molecule is O=[N+]([O-])c1ccc(C(O)C(CO)NCC2CC=CCC2)cc1. The number of nitro groups is 1. The van der Waals surface area contributed by atoms with Gasteiger partial charge in [-0.25, -0.2) is 0 Å². The molecule has 1 aliphatic rings. The Morgan fingerprint density at radius 2 is 2.05 bits per heavy atom. The smallest absolute Gasteiger partial charge is 0.269 e. The van der Waals surface area contributed by atoms with Gasteiger partial charge in [0.25, 0.3) is 5.69 Å². The molecule has 0 bridgehead atoms. The van der Waals surface area contributed by atoms with E-state index >= 15 is 0 Å². The molecule has 3 atom stereocenters. The highest BCUT2D eigenvalue weighted by atomic mass is 16.6. The lowest BCUT2D eigenvalue weighted by Gasteiger charge is -2.26. The zero-order valence-corrected chi connectivity index (χ0v) is 12.4. The molecule has 1 aromatic carbocycles. The number of non-ortho nitro benzene ring substituents is 1. The Labute approximate surface area is 129 Å². The van der Waals surface area contributed by atoms with Gasteiger partial charge in [-0.3, -0.25) is 10.1 Å². The molecule has 0 spiro atoms. The summed E-state index contributed by atoms with van der Waals surface area (Å²) in [6, 6.07) is 5.29. The van der Waals surface area contributed by atoms with Gasteiger partial charge in [-0.2, -0.15) is 0 Å². The van der Waals surface area contributed by atoms with Gasteiger partial charge < -0.3 is 15.5 Å². The van der Waals surface area contributed by atoms with E-state index in [1.807, 2.05) is 0 Å². The second kappa shape index (κ2) is 8.03. The van der Waals surface area contributed by atoms with Crippen LogP contribution in [0.3, 0.4) is 0 Å². The summed E-state index contributed by atoms with van der Waals surface area (Å²) in [5, 5.41) is 33.7. The first-order chi connectivity index (χ1) is 10.6. The van der Waals surface area contributed by atoms with Gasteiger partial charge in [-0.15, -0.1) is 0 Å². The van der Waals surface area contributed by atoms with Crippen LogP contribution in [0.5, 0.6) is 0 Å². The molecule has 1 aromatic rings. The second-order valence-electron chi connectivity index (χ2n) is 5.64. The number of hydrogen-bond donors (Lipinski definition) is 3. The van der Waals surface area contributed by atoms with E-state index < -0.39 is 17.1 Å². The topological polar surface area (TPSA) is 95.6 Å². The van der Waals surface area contributed by atoms with Crippen molar-refractivity contribution in [2.75, 3.05) is 13.2 Å². The summed E-state index contributed by atoms with van der Waals surface area (Å²) >= 11 is 0. The number of benzene rings is 1. The first-order valence-corrected chi connectivity index (χ1v) is 7.53. The minimum absolute atomic E-state index is 0.0153. The molecule has 0 saturated heterocycles. The van der Waals surface area contributed by atoms with Crippen LogP contribution in [0.15, 0.2) is 36.4 Å². The van der Waals surface area contributed by atoms with E-state index in [-0.39, 0.29) is 12.3 Å². The number of aliphatic hydroxyl groups is 2. The predicted molar refractivity (Wildman–Crippen MR) is 83.4 cm³/mol. The van der Waals surface area contributed by atoms with Crippen molar-refractivity contribution in [3.8, 4) is 0 Å². The standard InChI is InChI=1S/C16H22N2O4/c19-11-15(17-10-12-4-2-1-3-5-12)16(20)13-6-8-14(9-7-13)18(21)22/h1-2,6-9,12,15-17,19-20H,3-5,10-11H2. The molecular formula is C16H22N2O4. The summed E-state index contributed by atoms with van der Waals surface area (Å²) in [5.74, 6) is 0.517. The van der Waals surface area contributed by atoms with Crippen molar-refractivity contribution in [2.24, 2.45) is 5.92 Å². The number of hydrogen-bond acceptors (Lipinski definition) is 5. The van der Waals surface area contributed by atoms with Crippen LogP contribution in [0.2, 0.25) is 0 Å². The number of aliphatic hydroxyl groups excluding tert-OH is 2. The maximum absolute atomic E-state index is 10.6. The van der Waals surface area contributed by atoms with Gasteiger partial charge in [-0.05, 0) is 49.4 Å². The molecule has 120 valence electrons.